The fraction of sp³-hybridized carbons (Fsp3) is 0.333. The minimum atomic E-state index is -0.00468. The number of hydrogen-bond acceptors (Lipinski definition) is 7. The van der Waals surface area contributed by atoms with Crippen LogP contribution in [0, 0.1) is 0 Å². The van der Waals surface area contributed by atoms with Crippen molar-refractivity contribution in [2.24, 2.45) is 0 Å². The molecule has 0 aromatic carbocycles. The van der Waals surface area contributed by atoms with Gasteiger partial charge in [-0.05, 0) is 17.9 Å². The van der Waals surface area contributed by atoms with Gasteiger partial charge < -0.3 is 9.47 Å². The second-order valence-corrected chi connectivity index (χ2v) is 8.61. The minimum absolute atomic E-state index is 0.00468. The largest absolute Gasteiger partial charge is 0.355 e. The summed E-state index contributed by atoms with van der Waals surface area (Å²) in [5.74, 6) is 0.752. The maximum Gasteiger partial charge on any atom is 0.263 e. The van der Waals surface area contributed by atoms with Crippen molar-refractivity contribution in [3.63, 3.8) is 0 Å². The van der Waals surface area contributed by atoms with Crippen LogP contribution in [0.1, 0.15) is 6.42 Å². The van der Waals surface area contributed by atoms with E-state index in [2.05, 4.69) is 6.58 Å². The lowest BCUT2D eigenvalue weighted by molar-refractivity contribution is -0.130. The highest BCUT2D eigenvalue weighted by Gasteiger charge is 2.20. The molecule has 5 nitrogen and oxygen atoms in total. The number of thioether (sulfide) groups is 1. The Bertz CT molecular complexity index is 956. The van der Waals surface area contributed by atoms with E-state index in [-0.39, 0.29) is 11.7 Å². The third-order valence-electron chi connectivity index (χ3n) is 4.13. The summed E-state index contributed by atoms with van der Waals surface area (Å²) < 4.78 is 12.5. The molecule has 1 aliphatic rings. The van der Waals surface area contributed by atoms with Gasteiger partial charge in [0.1, 0.15) is 11.6 Å². The fourth-order valence-electron chi connectivity index (χ4n) is 2.82. The molecule has 136 valence electrons. The predicted molar refractivity (Wildman–Crippen MR) is 108 cm³/mol. The number of ether oxygens (including phenoxy) is 2. The van der Waals surface area contributed by atoms with Crippen molar-refractivity contribution < 1.29 is 9.47 Å². The van der Waals surface area contributed by atoms with Crippen LogP contribution < -0.4 is 5.56 Å². The second kappa shape index (κ2) is 8.06. The lowest BCUT2D eigenvalue weighted by atomic mass is 10.2. The molecule has 0 spiro atoms. The summed E-state index contributed by atoms with van der Waals surface area (Å²) in [5.41, 5.74) is 0.967. The third kappa shape index (κ3) is 3.52. The van der Waals surface area contributed by atoms with Gasteiger partial charge in [-0.2, -0.15) is 0 Å². The average molecular weight is 407 g/mol. The monoisotopic (exact) mass is 406 g/mol. The van der Waals surface area contributed by atoms with Crippen LogP contribution in [0.5, 0.6) is 0 Å². The molecule has 8 heteroatoms. The molecule has 3 aromatic rings. The highest BCUT2D eigenvalue weighted by atomic mass is 32.2. The van der Waals surface area contributed by atoms with Crippen LogP contribution >= 0.6 is 34.4 Å². The Morgan fingerprint density at radius 1 is 1.46 bits per heavy atom. The summed E-state index contributed by atoms with van der Waals surface area (Å²) in [4.78, 5) is 19.9. The number of rotatable bonds is 6. The van der Waals surface area contributed by atoms with E-state index in [0.29, 0.717) is 25.3 Å². The van der Waals surface area contributed by atoms with Gasteiger partial charge in [0.15, 0.2) is 5.16 Å². The van der Waals surface area contributed by atoms with Crippen molar-refractivity contribution in [3.8, 4) is 10.4 Å². The Hall–Kier alpha value is -1.45. The van der Waals surface area contributed by atoms with E-state index in [1.54, 1.807) is 33.7 Å². The van der Waals surface area contributed by atoms with E-state index in [1.165, 1.54) is 11.3 Å². The van der Waals surface area contributed by atoms with E-state index in [9.17, 15) is 4.79 Å². The van der Waals surface area contributed by atoms with E-state index in [1.807, 2.05) is 22.9 Å². The van der Waals surface area contributed by atoms with Crippen LogP contribution in [-0.2, 0) is 16.0 Å². The van der Waals surface area contributed by atoms with Gasteiger partial charge in [-0.1, -0.05) is 23.9 Å². The van der Waals surface area contributed by atoms with Gasteiger partial charge in [0, 0.05) is 28.1 Å². The van der Waals surface area contributed by atoms with Crippen molar-refractivity contribution in [1.82, 2.24) is 9.55 Å². The zero-order valence-corrected chi connectivity index (χ0v) is 16.5. The first kappa shape index (κ1) is 17.9. The lowest BCUT2D eigenvalue weighted by Gasteiger charge is -2.22. The first-order valence-electron chi connectivity index (χ1n) is 8.27. The van der Waals surface area contributed by atoms with Gasteiger partial charge in [0.25, 0.3) is 5.56 Å². The number of fused-ring (bicyclic) bond motifs is 1. The maximum absolute atomic E-state index is 13.2. The zero-order chi connectivity index (χ0) is 17.9. The fourth-order valence-corrected chi connectivity index (χ4v) is 5.70. The number of nitrogens with zero attached hydrogens (tertiary/aromatic N) is 2. The molecule has 1 saturated heterocycles. The normalized spacial score (nSPS) is 17.6. The topological polar surface area (TPSA) is 53.4 Å². The molecule has 3 aromatic heterocycles. The van der Waals surface area contributed by atoms with Crippen molar-refractivity contribution >= 4 is 44.7 Å². The number of allylic oxidation sites excluding steroid dienone is 1. The van der Waals surface area contributed by atoms with Gasteiger partial charge in [0.2, 0.25) is 0 Å². The standard InChI is InChI=1S/C18H18N2O3S3/c1-2-6-20-17(21)15-13(14-4-3-8-24-14)10-25-16(15)19-18(20)26-9-12-5-7-22-11-23-12/h2-4,8,10,12H,1,5-7,9,11H2/t12-/m1/s1. The quantitative estimate of drug-likeness (QED) is 0.348. The zero-order valence-electron chi connectivity index (χ0n) is 14.1. The molecule has 0 bridgehead atoms. The summed E-state index contributed by atoms with van der Waals surface area (Å²) in [5, 5.41) is 5.47. The molecule has 1 aliphatic heterocycles. The van der Waals surface area contributed by atoms with Crippen molar-refractivity contribution in [3.05, 3.63) is 45.9 Å². The Morgan fingerprint density at radius 2 is 2.38 bits per heavy atom. The molecule has 1 atom stereocenters. The Labute approximate surface area is 163 Å². The molecule has 0 saturated carbocycles. The van der Waals surface area contributed by atoms with Gasteiger partial charge in [-0.25, -0.2) is 4.98 Å². The minimum Gasteiger partial charge on any atom is -0.355 e. The SMILES string of the molecule is C=CCn1c(SC[C@H]2CCOCO2)nc2scc(-c3cccs3)c2c1=O. The number of hydrogen-bond donors (Lipinski definition) is 0. The van der Waals surface area contributed by atoms with Crippen LogP contribution in [0.15, 0.2) is 45.5 Å². The molecule has 0 amide bonds. The number of aromatic nitrogens is 2. The second-order valence-electron chi connectivity index (χ2n) is 5.82. The van der Waals surface area contributed by atoms with Crippen LogP contribution in [0.25, 0.3) is 20.7 Å². The van der Waals surface area contributed by atoms with Gasteiger partial charge >= 0.3 is 0 Å². The Balaban J connectivity index is 1.72. The van der Waals surface area contributed by atoms with Crippen LogP contribution in [-0.4, -0.2) is 34.8 Å². The molecule has 0 radical (unpaired) electrons. The summed E-state index contributed by atoms with van der Waals surface area (Å²) in [7, 11) is 0. The lowest BCUT2D eigenvalue weighted by Crippen LogP contribution is -2.27. The van der Waals surface area contributed by atoms with E-state index in [0.717, 1.165) is 32.6 Å². The van der Waals surface area contributed by atoms with Crippen LogP contribution in [0.4, 0.5) is 0 Å². The van der Waals surface area contributed by atoms with Crippen LogP contribution in [0.3, 0.4) is 0 Å². The summed E-state index contributed by atoms with van der Waals surface area (Å²) in [6, 6.07) is 4.03. The Morgan fingerprint density at radius 3 is 3.12 bits per heavy atom. The smallest absolute Gasteiger partial charge is 0.263 e. The van der Waals surface area contributed by atoms with Crippen molar-refractivity contribution in [2.45, 2.75) is 24.2 Å². The summed E-state index contributed by atoms with van der Waals surface area (Å²) in [6.45, 7) is 5.29. The van der Waals surface area contributed by atoms with E-state index in [4.69, 9.17) is 14.5 Å². The summed E-state index contributed by atoms with van der Waals surface area (Å²) in [6.07, 6.45) is 2.73. The highest BCUT2D eigenvalue weighted by Crippen LogP contribution is 2.34. The molecule has 1 fully saturated rings. The Kier molecular flexibility index (Phi) is 5.56. The average Bonchev–Trinajstić information content (AvgIpc) is 3.33. The van der Waals surface area contributed by atoms with Gasteiger partial charge in [-0.15, -0.1) is 29.3 Å². The third-order valence-corrected chi connectivity index (χ3v) is 7.01. The first-order valence-corrected chi connectivity index (χ1v) is 11.0. The molecule has 0 N–H and O–H groups in total. The van der Waals surface area contributed by atoms with Gasteiger partial charge in [0.05, 0.1) is 18.1 Å². The highest BCUT2D eigenvalue weighted by molar-refractivity contribution is 7.99. The van der Waals surface area contributed by atoms with E-state index >= 15 is 0 Å². The molecular weight excluding hydrogens is 388 g/mol. The van der Waals surface area contributed by atoms with Crippen LogP contribution in [0.2, 0.25) is 0 Å². The molecule has 4 rings (SSSR count). The molecular formula is C18H18N2O3S3. The first-order chi connectivity index (χ1) is 12.8. The molecule has 4 heterocycles. The van der Waals surface area contributed by atoms with Gasteiger partial charge in [-0.3, -0.25) is 9.36 Å². The van der Waals surface area contributed by atoms with Crippen molar-refractivity contribution in [1.29, 1.82) is 0 Å². The van der Waals surface area contributed by atoms with Crippen molar-refractivity contribution in [2.75, 3.05) is 19.2 Å². The van der Waals surface area contributed by atoms with E-state index < -0.39 is 0 Å². The maximum atomic E-state index is 13.2. The predicted octanol–water partition coefficient (Wildman–Crippen LogP) is 4.23. The molecule has 0 unspecified atom stereocenters. The number of thiophene rings is 2. The molecule has 0 aliphatic carbocycles. The summed E-state index contributed by atoms with van der Waals surface area (Å²) >= 11 is 4.72. The molecule has 26 heavy (non-hydrogen) atoms.